The minimum absolute atomic E-state index is 0.0972. The third-order valence-electron chi connectivity index (χ3n) is 1.87. The molecule has 0 spiro atoms. The second kappa shape index (κ2) is 5.20. The van der Waals surface area contributed by atoms with Crippen molar-refractivity contribution in [2.75, 3.05) is 12.4 Å². The van der Waals surface area contributed by atoms with Gasteiger partial charge in [-0.15, -0.1) is 0 Å². The molecule has 4 nitrogen and oxygen atoms in total. The van der Waals surface area contributed by atoms with Crippen LogP contribution in [0.2, 0.25) is 0 Å². The Hall–Kier alpha value is -1.85. The molecule has 1 amide bonds. The maximum atomic E-state index is 13.4. The van der Waals surface area contributed by atoms with E-state index in [2.05, 4.69) is 5.32 Å². The Morgan fingerprint density at radius 3 is 2.39 bits per heavy atom. The van der Waals surface area contributed by atoms with Gasteiger partial charge in [-0.25, -0.2) is 13.6 Å². The summed E-state index contributed by atoms with van der Waals surface area (Å²) >= 11 is 0. The summed E-state index contributed by atoms with van der Waals surface area (Å²) in [6.45, 7) is 4.99. The van der Waals surface area contributed by atoms with Crippen LogP contribution in [-0.2, 0) is 4.74 Å². The molecule has 6 heteroatoms. The number of hydrogen-bond acceptors (Lipinski definition) is 3. The van der Waals surface area contributed by atoms with E-state index in [1.807, 2.05) is 0 Å². The number of carbonyl (C=O) groups excluding carboxylic acids is 1. The van der Waals surface area contributed by atoms with E-state index in [-0.39, 0.29) is 11.4 Å². The van der Waals surface area contributed by atoms with Gasteiger partial charge in [-0.1, -0.05) is 0 Å². The molecule has 0 heterocycles. The fourth-order valence-corrected chi connectivity index (χ4v) is 1.19. The molecule has 0 saturated carbocycles. The molecule has 100 valence electrons. The molecule has 0 bridgehead atoms. The lowest BCUT2D eigenvalue weighted by molar-refractivity contribution is 0.0635. The van der Waals surface area contributed by atoms with E-state index in [9.17, 15) is 13.6 Å². The topological polar surface area (TPSA) is 47.6 Å². The summed E-state index contributed by atoms with van der Waals surface area (Å²) in [5.74, 6) is -2.18. The number of ether oxygens (including phenoxy) is 2. The maximum absolute atomic E-state index is 13.4. The smallest absolute Gasteiger partial charge is 0.412 e. The number of hydrogen-bond donors (Lipinski definition) is 1. The number of halogens is 2. The number of nitrogens with one attached hydrogen (secondary N) is 1. The molecule has 1 aromatic carbocycles. The van der Waals surface area contributed by atoms with Crippen molar-refractivity contribution in [1.82, 2.24) is 0 Å². The van der Waals surface area contributed by atoms with Crippen LogP contribution in [-0.4, -0.2) is 18.8 Å². The molecule has 0 aliphatic heterocycles. The lowest BCUT2D eigenvalue weighted by Crippen LogP contribution is -2.27. The quantitative estimate of drug-likeness (QED) is 0.886. The van der Waals surface area contributed by atoms with Crippen LogP contribution >= 0.6 is 0 Å². The summed E-state index contributed by atoms with van der Waals surface area (Å²) in [4.78, 5) is 11.4. The zero-order chi connectivity index (χ0) is 13.9. The highest BCUT2D eigenvalue weighted by atomic mass is 19.2. The number of amides is 1. The van der Waals surface area contributed by atoms with Crippen LogP contribution in [0.15, 0.2) is 12.1 Å². The Labute approximate surface area is 104 Å². The standard InChI is InChI=1S/C12H15F2NO3/c1-12(2,3)18-11(16)15-9-6-7(17-4)5-8(13)10(9)14/h5-6H,1-4H3,(H,15,16). The Balaban J connectivity index is 2.90. The molecular weight excluding hydrogens is 244 g/mol. The molecule has 18 heavy (non-hydrogen) atoms. The molecule has 0 aliphatic carbocycles. The van der Waals surface area contributed by atoms with Gasteiger partial charge in [0, 0.05) is 12.1 Å². The van der Waals surface area contributed by atoms with Gasteiger partial charge < -0.3 is 9.47 Å². The van der Waals surface area contributed by atoms with E-state index in [0.717, 1.165) is 6.07 Å². The van der Waals surface area contributed by atoms with E-state index in [1.165, 1.54) is 13.2 Å². The Morgan fingerprint density at radius 2 is 1.89 bits per heavy atom. The SMILES string of the molecule is COc1cc(F)c(F)c(NC(=O)OC(C)(C)C)c1. The first kappa shape index (κ1) is 14.2. The number of benzene rings is 1. The third-order valence-corrected chi connectivity index (χ3v) is 1.87. The average molecular weight is 259 g/mol. The van der Waals surface area contributed by atoms with Crippen molar-refractivity contribution in [3.63, 3.8) is 0 Å². The number of methoxy groups -OCH3 is 1. The highest BCUT2D eigenvalue weighted by Crippen LogP contribution is 2.24. The second-order valence-electron chi connectivity index (χ2n) is 4.60. The van der Waals surface area contributed by atoms with Crippen LogP contribution in [0.1, 0.15) is 20.8 Å². The zero-order valence-corrected chi connectivity index (χ0v) is 10.6. The normalized spacial score (nSPS) is 11.0. The first-order valence-electron chi connectivity index (χ1n) is 5.26. The lowest BCUT2D eigenvalue weighted by Gasteiger charge is -2.20. The fourth-order valence-electron chi connectivity index (χ4n) is 1.19. The summed E-state index contributed by atoms with van der Waals surface area (Å²) in [5, 5.41) is 2.13. The van der Waals surface area contributed by atoms with Gasteiger partial charge in [-0.3, -0.25) is 5.32 Å². The van der Waals surface area contributed by atoms with Crippen molar-refractivity contribution in [2.24, 2.45) is 0 Å². The molecule has 0 fully saturated rings. The van der Waals surface area contributed by atoms with Crippen molar-refractivity contribution in [3.8, 4) is 5.75 Å². The van der Waals surface area contributed by atoms with E-state index < -0.39 is 23.3 Å². The first-order chi connectivity index (χ1) is 8.23. The Kier molecular flexibility index (Phi) is 4.11. The van der Waals surface area contributed by atoms with Crippen LogP contribution in [0.3, 0.4) is 0 Å². The monoisotopic (exact) mass is 259 g/mol. The van der Waals surface area contributed by atoms with Crippen LogP contribution < -0.4 is 10.1 Å². The van der Waals surface area contributed by atoms with Gasteiger partial charge in [0.15, 0.2) is 11.6 Å². The van der Waals surface area contributed by atoms with Gasteiger partial charge >= 0.3 is 6.09 Å². The summed E-state index contributed by atoms with van der Waals surface area (Å²) in [7, 11) is 1.31. The van der Waals surface area contributed by atoms with Gasteiger partial charge in [0.2, 0.25) is 0 Å². The van der Waals surface area contributed by atoms with Gasteiger partial charge in [-0.05, 0) is 20.8 Å². The van der Waals surface area contributed by atoms with E-state index in [0.29, 0.717) is 0 Å². The highest BCUT2D eigenvalue weighted by Gasteiger charge is 2.19. The Bertz CT molecular complexity index is 455. The molecule has 0 radical (unpaired) electrons. The van der Waals surface area contributed by atoms with Gasteiger partial charge in [0.1, 0.15) is 11.4 Å². The van der Waals surface area contributed by atoms with Crippen molar-refractivity contribution in [2.45, 2.75) is 26.4 Å². The van der Waals surface area contributed by atoms with Gasteiger partial charge in [-0.2, -0.15) is 0 Å². The van der Waals surface area contributed by atoms with Crippen molar-refractivity contribution in [3.05, 3.63) is 23.8 Å². The highest BCUT2D eigenvalue weighted by molar-refractivity contribution is 5.85. The third kappa shape index (κ3) is 3.87. The predicted molar refractivity (Wildman–Crippen MR) is 62.8 cm³/mol. The molecule has 1 aromatic rings. The first-order valence-corrected chi connectivity index (χ1v) is 5.26. The zero-order valence-electron chi connectivity index (χ0n) is 10.6. The molecule has 1 rings (SSSR count). The van der Waals surface area contributed by atoms with Crippen molar-refractivity contribution >= 4 is 11.8 Å². The summed E-state index contributed by atoms with van der Waals surface area (Å²) in [6.07, 6.45) is -0.867. The molecule has 0 aromatic heterocycles. The number of rotatable bonds is 2. The molecule has 1 N–H and O–H groups in total. The van der Waals surface area contributed by atoms with E-state index in [1.54, 1.807) is 20.8 Å². The number of carbonyl (C=O) groups is 1. The van der Waals surface area contributed by atoms with E-state index >= 15 is 0 Å². The molecule has 0 unspecified atom stereocenters. The minimum Gasteiger partial charge on any atom is -0.497 e. The van der Waals surface area contributed by atoms with Crippen LogP contribution in [0.25, 0.3) is 0 Å². The largest absolute Gasteiger partial charge is 0.497 e. The maximum Gasteiger partial charge on any atom is 0.412 e. The molecular formula is C12H15F2NO3. The van der Waals surface area contributed by atoms with Gasteiger partial charge in [0.25, 0.3) is 0 Å². The average Bonchev–Trinajstić information content (AvgIpc) is 2.21. The second-order valence-corrected chi connectivity index (χ2v) is 4.60. The molecule has 0 saturated heterocycles. The van der Waals surface area contributed by atoms with Crippen LogP contribution in [0, 0.1) is 11.6 Å². The molecule has 0 atom stereocenters. The van der Waals surface area contributed by atoms with Crippen molar-refractivity contribution in [1.29, 1.82) is 0 Å². The van der Waals surface area contributed by atoms with Crippen LogP contribution in [0.5, 0.6) is 5.75 Å². The van der Waals surface area contributed by atoms with Crippen LogP contribution in [0.4, 0.5) is 19.3 Å². The predicted octanol–water partition coefficient (Wildman–Crippen LogP) is 3.32. The minimum atomic E-state index is -1.17. The van der Waals surface area contributed by atoms with E-state index in [4.69, 9.17) is 9.47 Å². The number of anilines is 1. The van der Waals surface area contributed by atoms with Gasteiger partial charge in [0.05, 0.1) is 12.8 Å². The Morgan fingerprint density at radius 1 is 1.28 bits per heavy atom. The molecule has 0 aliphatic rings. The summed E-state index contributed by atoms with van der Waals surface area (Å²) < 4.78 is 36.3. The summed E-state index contributed by atoms with van der Waals surface area (Å²) in [5.41, 5.74) is -1.06. The fraction of sp³-hybridized carbons (Fsp3) is 0.417. The summed E-state index contributed by atoms with van der Waals surface area (Å²) in [6, 6.07) is 2.05. The van der Waals surface area contributed by atoms with Crippen molar-refractivity contribution < 1.29 is 23.0 Å². The lowest BCUT2D eigenvalue weighted by atomic mass is 10.2.